The van der Waals surface area contributed by atoms with Crippen molar-refractivity contribution in [3.63, 3.8) is 0 Å². The Morgan fingerprint density at radius 3 is 2.57 bits per heavy atom. The first-order valence-corrected chi connectivity index (χ1v) is 6.44. The summed E-state index contributed by atoms with van der Waals surface area (Å²) in [6.07, 6.45) is 0. The topological polar surface area (TPSA) is 81.4 Å². The molecule has 0 fully saturated rings. The maximum Gasteiger partial charge on any atom is 0.340 e. The lowest BCUT2D eigenvalue weighted by Crippen LogP contribution is -2.21. The summed E-state index contributed by atoms with van der Waals surface area (Å²) in [7, 11) is 0. The van der Waals surface area contributed by atoms with Gasteiger partial charge < -0.3 is 15.8 Å². The quantitative estimate of drug-likeness (QED) is 0.667. The molecule has 0 radical (unpaired) electrons. The summed E-state index contributed by atoms with van der Waals surface area (Å²) in [5, 5.41) is 2.63. The van der Waals surface area contributed by atoms with Crippen LogP contribution in [0.25, 0.3) is 0 Å². The monoisotopic (exact) mass is 284 g/mol. The van der Waals surface area contributed by atoms with Crippen molar-refractivity contribution in [3.05, 3.63) is 59.7 Å². The number of nitrogen functional groups attached to an aromatic ring is 1. The Bertz CT molecular complexity index is 654. The van der Waals surface area contributed by atoms with Crippen molar-refractivity contribution in [3.8, 4) is 0 Å². The Hall–Kier alpha value is -2.82. The van der Waals surface area contributed by atoms with Crippen LogP contribution in [0.1, 0.15) is 15.9 Å². The van der Waals surface area contributed by atoms with Crippen molar-refractivity contribution in [1.82, 2.24) is 0 Å². The van der Waals surface area contributed by atoms with Gasteiger partial charge in [-0.15, -0.1) is 0 Å². The number of benzene rings is 2. The molecule has 0 heterocycles. The van der Waals surface area contributed by atoms with Crippen LogP contribution in [0.2, 0.25) is 0 Å². The number of ether oxygens (including phenoxy) is 1. The van der Waals surface area contributed by atoms with Crippen molar-refractivity contribution in [2.24, 2.45) is 0 Å². The summed E-state index contributed by atoms with van der Waals surface area (Å²) in [5.74, 6) is -1.01. The Balaban J connectivity index is 1.92. The third-order valence-corrected chi connectivity index (χ3v) is 2.82. The van der Waals surface area contributed by atoms with Gasteiger partial charge in [-0.05, 0) is 31.2 Å². The number of carbonyl (C=O) groups is 2. The zero-order chi connectivity index (χ0) is 15.2. The zero-order valence-corrected chi connectivity index (χ0v) is 11.6. The van der Waals surface area contributed by atoms with E-state index in [1.807, 2.05) is 13.0 Å². The molecule has 5 heteroatoms. The van der Waals surface area contributed by atoms with E-state index in [9.17, 15) is 9.59 Å². The van der Waals surface area contributed by atoms with E-state index < -0.39 is 11.9 Å². The normalized spacial score (nSPS) is 9.95. The van der Waals surface area contributed by atoms with Crippen LogP contribution in [0.5, 0.6) is 0 Å². The number of nitrogens with one attached hydrogen (secondary N) is 1. The predicted molar refractivity (Wildman–Crippen MR) is 80.9 cm³/mol. The van der Waals surface area contributed by atoms with Gasteiger partial charge in [0.25, 0.3) is 5.91 Å². The molecule has 2 aromatic rings. The minimum absolute atomic E-state index is 0.266. The lowest BCUT2D eigenvalue weighted by atomic mass is 10.1. The molecular weight excluding hydrogens is 268 g/mol. The first-order chi connectivity index (χ1) is 10.1. The zero-order valence-electron chi connectivity index (χ0n) is 11.6. The molecule has 1 amide bonds. The number of anilines is 2. The largest absolute Gasteiger partial charge is 0.452 e. The Morgan fingerprint density at radius 1 is 1.14 bits per heavy atom. The fraction of sp³-hybridized carbons (Fsp3) is 0.125. The van der Waals surface area contributed by atoms with Gasteiger partial charge in [0.2, 0.25) is 0 Å². The second-order valence-corrected chi connectivity index (χ2v) is 4.58. The Kier molecular flexibility index (Phi) is 4.56. The number of carbonyl (C=O) groups excluding carboxylic acids is 2. The van der Waals surface area contributed by atoms with E-state index in [1.54, 1.807) is 42.5 Å². The summed E-state index contributed by atoms with van der Waals surface area (Å²) in [5.41, 5.74) is 7.85. The third kappa shape index (κ3) is 4.07. The number of amides is 1. The number of aryl methyl sites for hydroxylation is 1. The second-order valence-electron chi connectivity index (χ2n) is 4.58. The van der Waals surface area contributed by atoms with Crippen LogP contribution in [0.15, 0.2) is 48.5 Å². The van der Waals surface area contributed by atoms with Crippen LogP contribution >= 0.6 is 0 Å². The first-order valence-electron chi connectivity index (χ1n) is 6.44. The molecule has 0 aliphatic carbocycles. The number of hydrogen-bond donors (Lipinski definition) is 2. The van der Waals surface area contributed by atoms with E-state index in [2.05, 4.69) is 5.32 Å². The van der Waals surface area contributed by atoms with Gasteiger partial charge in [0, 0.05) is 11.4 Å². The molecule has 0 bridgehead atoms. The number of para-hydroxylation sites is 1. The summed E-state index contributed by atoms with van der Waals surface area (Å²) in [6, 6.07) is 14.0. The Labute approximate surface area is 122 Å². The maximum atomic E-state index is 11.9. The van der Waals surface area contributed by atoms with Crippen LogP contribution in [0, 0.1) is 6.92 Å². The minimum atomic E-state index is -0.612. The van der Waals surface area contributed by atoms with Crippen LogP contribution in [-0.4, -0.2) is 18.5 Å². The average molecular weight is 284 g/mol. The number of hydrogen-bond acceptors (Lipinski definition) is 4. The summed E-state index contributed by atoms with van der Waals surface area (Å²) >= 11 is 0. The first kappa shape index (κ1) is 14.6. The minimum Gasteiger partial charge on any atom is -0.452 e. The van der Waals surface area contributed by atoms with E-state index in [-0.39, 0.29) is 12.2 Å². The molecule has 108 valence electrons. The van der Waals surface area contributed by atoms with Gasteiger partial charge in [-0.25, -0.2) is 4.79 Å². The number of rotatable bonds is 4. The molecule has 0 aliphatic rings. The van der Waals surface area contributed by atoms with E-state index in [4.69, 9.17) is 10.5 Å². The van der Waals surface area contributed by atoms with E-state index in [1.165, 1.54) is 0 Å². The smallest absolute Gasteiger partial charge is 0.340 e. The molecule has 3 N–H and O–H groups in total. The molecule has 0 unspecified atom stereocenters. The fourth-order valence-corrected chi connectivity index (χ4v) is 1.77. The van der Waals surface area contributed by atoms with Crippen molar-refractivity contribution in [2.75, 3.05) is 17.7 Å². The molecular formula is C16H16N2O3. The van der Waals surface area contributed by atoms with Gasteiger partial charge in [-0.1, -0.05) is 29.8 Å². The second kappa shape index (κ2) is 6.56. The highest BCUT2D eigenvalue weighted by atomic mass is 16.5. The molecule has 0 saturated heterocycles. The van der Waals surface area contributed by atoms with Crippen molar-refractivity contribution < 1.29 is 14.3 Å². The highest BCUT2D eigenvalue weighted by Crippen LogP contribution is 2.15. The number of esters is 1. The highest BCUT2D eigenvalue weighted by Gasteiger charge is 2.13. The SMILES string of the molecule is Cc1ccc(N)c(C(=O)OCC(=O)Nc2ccccc2)c1. The van der Waals surface area contributed by atoms with Crippen molar-refractivity contribution in [1.29, 1.82) is 0 Å². The van der Waals surface area contributed by atoms with Crippen molar-refractivity contribution >= 4 is 23.3 Å². The van der Waals surface area contributed by atoms with Crippen LogP contribution in [0.3, 0.4) is 0 Å². The van der Waals surface area contributed by atoms with Crippen LogP contribution in [0.4, 0.5) is 11.4 Å². The highest BCUT2D eigenvalue weighted by molar-refractivity contribution is 5.98. The summed E-state index contributed by atoms with van der Waals surface area (Å²) < 4.78 is 4.97. The van der Waals surface area contributed by atoms with Crippen LogP contribution in [-0.2, 0) is 9.53 Å². The number of nitrogens with two attached hydrogens (primary N) is 1. The molecule has 0 spiro atoms. The lowest BCUT2D eigenvalue weighted by Gasteiger charge is -2.08. The standard InChI is InChI=1S/C16H16N2O3/c1-11-7-8-14(17)13(9-11)16(20)21-10-15(19)18-12-5-3-2-4-6-12/h2-9H,10,17H2,1H3,(H,18,19). The van der Waals surface area contributed by atoms with Gasteiger partial charge in [0.15, 0.2) is 6.61 Å². The molecule has 21 heavy (non-hydrogen) atoms. The molecule has 0 aliphatic heterocycles. The molecule has 5 nitrogen and oxygen atoms in total. The fourth-order valence-electron chi connectivity index (χ4n) is 1.77. The van der Waals surface area contributed by atoms with Crippen LogP contribution < -0.4 is 11.1 Å². The predicted octanol–water partition coefficient (Wildman–Crippen LogP) is 2.37. The molecule has 2 aromatic carbocycles. The van der Waals surface area contributed by atoms with Gasteiger partial charge >= 0.3 is 5.97 Å². The summed E-state index contributed by atoms with van der Waals surface area (Å²) in [4.78, 5) is 23.6. The van der Waals surface area contributed by atoms with Gasteiger partial charge in [-0.3, -0.25) is 4.79 Å². The van der Waals surface area contributed by atoms with E-state index in [0.717, 1.165) is 5.56 Å². The van der Waals surface area contributed by atoms with Gasteiger partial charge in [0.1, 0.15) is 0 Å². The molecule has 0 saturated carbocycles. The average Bonchev–Trinajstić information content (AvgIpc) is 2.48. The molecule has 2 rings (SSSR count). The van der Waals surface area contributed by atoms with Gasteiger partial charge in [0.05, 0.1) is 5.56 Å². The van der Waals surface area contributed by atoms with Gasteiger partial charge in [-0.2, -0.15) is 0 Å². The van der Waals surface area contributed by atoms with E-state index >= 15 is 0 Å². The Morgan fingerprint density at radius 2 is 1.86 bits per heavy atom. The van der Waals surface area contributed by atoms with E-state index in [0.29, 0.717) is 11.4 Å². The summed E-state index contributed by atoms with van der Waals surface area (Å²) in [6.45, 7) is 1.49. The lowest BCUT2D eigenvalue weighted by molar-refractivity contribution is -0.119. The molecule has 0 aromatic heterocycles. The third-order valence-electron chi connectivity index (χ3n) is 2.82. The molecule has 0 atom stereocenters. The maximum absolute atomic E-state index is 11.9. The van der Waals surface area contributed by atoms with Crippen molar-refractivity contribution in [2.45, 2.75) is 6.92 Å².